The molecular formula is C27H36F4O7. The second-order valence-electron chi connectivity index (χ2n) is 12.6. The van der Waals surface area contributed by atoms with Gasteiger partial charge >= 0.3 is 23.8 Å². The quantitative estimate of drug-likeness (QED) is 0.356. The lowest BCUT2D eigenvalue weighted by Gasteiger charge is -2.65. The number of carbonyl (C=O) groups excluding carboxylic acids is 2. The number of halogens is 4. The third-order valence-electron chi connectivity index (χ3n) is 10.9. The molecule has 214 valence electrons. The van der Waals surface area contributed by atoms with Crippen molar-refractivity contribution in [3.8, 4) is 0 Å². The molecule has 1 aliphatic heterocycles. The molecule has 5 rings (SSSR count). The zero-order chi connectivity index (χ0) is 27.9. The van der Waals surface area contributed by atoms with Crippen LogP contribution in [0.25, 0.3) is 0 Å². The Hall–Kier alpha value is -1.72. The molecule has 4 aliphatic carbocycles. The van der Waals surface area contributed by atoms with Crippen molar-refractivity contribution in [3.05, 3.63) is 11.6 Å². The highest BCUT2D eigenvalue weighted by Gasteiger charge is 2.74. The van der Waals surface area contributed by atoms with E-state index in [-0.39, 0.29) is 45.1 Å². The summed E-state index contributed by atoms with van der Waals surface area (Å²) < 4.78 is 65.1. The van der Waals surface area contributed by atoms with Gasteiger partial charge in [-0.3, -0.25) is 4.79 Å². The molecular weight excluding hydrogens is 512 g/mol. The Bertz CT molecular complexity index is 1040. The van der Waals surface area contributed by atoms with Gasteiger partial charge in [-0.25, -0.2) is 13.6 Å². The number of fused-ring (bicyclic) bond motifs is 5. The van der Waals surface area contributed by atoms with E-state index in [1.165, 1.54) is 6.08 Å². The predicted molar refractivity (Wildman–Crippen MR) is 124 cm³/mol. The maximum Gasteiger partial charge on any atom is 0.343 e. The number of alkyl halides is 4. The van der Waals surface area contributed by atoms with Gasteiger partial charge < -0.3 is 24.8 Å². The maximum atomic E-state index is 14.1. The van der Waals surface area contributed by atoms with Crippen LogP contribution in [0.15, 0.2) is 11.6 Å². The number of esters is 2. The molecule has 4 saturated carbocycles. The Balaban J connectivity index is 1.50. The molecule has 0 saturated heterocycles. The van der Waals surface area contributed by atoms with E-state index >= 15 is 0 Å². The minimum absolute atomic E-state index is 0.0218. The number of carbonyl (C=O) groups is 2. The number of hydrogen-bond donors (Lipinski definition) is 3. The molecule has 0 aromatic carbocycles. The first kappa shape index (κ1) is 27.8. The number of aliphatic hydroxyl groups is 3. The van der Waals surface area contributed by atoms with Crippen LogP contribution in [-0.4, -0.2) is 69.6 Å². The summed E-state index contributed by atoms with van der Waals surface area (Å²) in [5, 5.41) is 34.5. The number of hydrogen-bond acceptors (Lipinski definition) is 7. The monoisotopic (exact) mass is 548 g/mol. The number of cyclic esters (lactones) is 1. The topological polar surface area (TPSA) is 113 Å². The summed E-state index contributed by atoms with van der Waals surface area (Å²) in [6.07, 6.45) is 2.53. The molecule has 3 N–H and O–H groups in total. The lowest BCUT2D eigenvalue weighted by molar-refractivity contribution is -0.269. The highest BCUT2D eigenvalue weighted by Crippen LogP contribution is 2.71. The normalized spacial score (nSPS) is 45.0. The first-order chi connectivity index (χ1) is 17.5. The standard InChI is InChI=1S/C27H36F4O7/c1-22-7-4-18-19(26(22,36)10-6-17(22)15-11-20(33)37-13-15)5-8-24(35)12-16(32)3-9-25(18,24)21(34)38-14-27(30,31)23(2,28)29/h11,16-19,32,35-36H,3-10,12-14H2,1-2H3/t16-,17-,18+,19-,22-,24+,25-,26-/m1/s1. The average molecular weight is 549 g/mol. The third kappa shape index (κ3) is 3.70. The van der Waals surface area contributed by atoms with E-state index in [4.69, 9.17) is 9.47 Å². The largest absolute Gasteiger partial charge is 0.459 e. The van der Waals surface area contributed by atoms with Crippen LogP contribution in [0.3, 0.4) is 0 Å². The van der Waals surface area contributed by atoms with Crippen molar-refractivity contribution in [1.82, 2.24) is 0 Å². The Morgan fingerprint density at radius 3 is 2.39 bits per heavy atom. The van der Waals surface area contributed by atoms with Crippen molar-refractivity contribution in [3.63, 3.8) is 0 Å². The van der Waals surface area contributed by atoms with E-state index in [9.17, 15) is 42.5 Å². The SMILES string of the molecule is CC(F)(F)C(F)(F)COC(=O)[C@]12CC[C@@H](O)C[C@@]1(O)CC[C@@H]1[C@@H]2CC[C@]2(C)[C@@H](C3=CC(=O)OC3)CC[C@@]12O. The molecule has 0 amide bonds. The molecule has 1 heterocycles. The van der Waals surface area contributed by atoms with Crippen LogP contribution in [0.5, 0.6) is 0 Å². The van der Waals surface area contributed by atoms with Gasteiger partial charge in [0, 0.05) is 24.8 Å². The molecule has 0 radical (unpaired) electrons. The zero-order valence-corrected chi connectivity index (χ0v) is 21.7. The number of aliphatic hydroxyl groups excluding tert-OH is 1. The van der Waals surface area contributed by atoms with Gasteiger partial charge in [0.1, 0.15) is 6.61 Å². The average Bonchev–Trinajstić information content (AvgIpc) is 3.36. The molecule has 8 atom stereocenters. The number of rotatable bonds is 5. The number of ether oxygens (including phenoxy) is 2. The van der Waals surface area contributed by atoms with Crippen LogP contribution in [0.1, 0.15) is 71.6 Å². The van der Waals surface area contributed by atoms with Gasteiger partial charge in [-0.1, -0.05) is 6.92 Å². The second-order valence-corrected chi connectivity index (χ2v) is 12.6. The van der Waals surface area contributed by atoms with Crippen LogP contribution >= 0.6 is 0 Å². The van der Waals surface area contributed by atoms with Crippen LogP contribution in [0, 0.1) is 28.6 Å². The first-order valence-electron chi connectivity index (χ1n) is 13.4. The fourth-order valence-electron chi connectivity index (χ4n) is 8.88. The van der Waals surface area contributed by atoms with Crippen molar-refractivity contribution >= 4 is 11.9 Å². The Morgan fingerprint density at radius 1 is 1.08 bits per heavy atom. The van der Waals surface area contributed by atoms with Crippen molar-refractivity contribution in [1.29, 1.82) is 0 Å². The molecule has 38 heavy (non-hydrogen) atoms. The van der Waals surface area contributed by atoms with Crippen molar-refractivity contribution in [2.24, 2.45) is 28.6 Å². The molecule has 0 aromatic rings. The summed E-state index contributed by atoms with van der Waals surface area (Å²) in [7, 11) is 0. The molecule has 7 nitrogen and oxygen atoms in total. The molecule has 11 heteroatoms. The van der Waals surface area contributed by atoms with Crippen molar-refractivity contribution < 1.29 is 51.9 Å². The summed E-state index contributed by atoms with van der Waals surface area (Å²) in [5.41, 5.74) is -4.63. The fraction of sp³-hybridized carbons (Fsp3) is 0.852. The van der Waals surface area contributed by atoms with E-state index in [1.54, 1.807) is 0 Å². The summed E-state index contributed by atoms with van der Waals surface area (Å²) >= 11 is 0. The summed E-state index contributed by atoms with van der Waals surface area (Å²) in [4.78, 5) is 25.4. The smallest absolute Gasteiger partial charge is 0.343 e. The van der Waals surface area contributed by atoms with E-state index in [1.807, 2.05) is 6.92 Å². The summed E-state index contributed by atoms with van der Waals surface area (Å²) in [6, 6.07) is 0. The molecule has 0 bridgehead atoms. The van der Waals surface area contributed by atoms with E-state index in [2.05, 4.69) is 0 Å². The van der Waals surface area contributed by atoms with Gasteiger partial charge in [0.25, 0.3) is 0 Å². The van der Waals surface area contributed by atoms with Gasteiger partial charge in [0.2, 0.25) is 0 Å². The Kier molecular flexibility index (Phi) is 6.33. The lowest BCUT2D eigenvalue weighted by atomic mass is 9.41. The van der Waals surface area contributed by atoms with E-state index in [0.717, 1.165) is 5.57 Å². The van der Waals surface area contributed by atoms with Crippen molar-refractivity contribution in [2.75, 3.05) is 13.2 Å². The van der Waals surface area contributed by atoms with Crippen molar-refractivity contribution in [2.45, 2.75) is 101 Å². The molecule has 5 aliphatic rings. The zero-order valence-electron chi connectivity index (χ0n) is 21.7. The lowest BCUT2D eigenvalue weighted by Crippen LogP contribution is -2.70. The minimum Gasteiger partial charge on any atom is -0.459 e. The predicted octanol–water partition coefficient (Wildman–Crippen LogP) is 3.53. The Morgan fingerprint density at radius 2 is 1.76 bits per heavy atom. The summed E-state index contributed by atoms with van der Waals surface area (Å²) in [6.45, 7) is 0.340. The minimum atomic E-state index is -4.60. The second kappa shape index (κ2) is 8.64. The highest BCUT2D eigenvalue weighted by molar-refractivity contribution is 5.85. The molecule has 4 fully saturated rings. The van der Waals surface area contributed by atoms with Gasteiger partial charge in [0.15, 0.2) is 6.61 Å². The first-order valence-corrected chi connectivity index (χ1v) is 13.4. The highest BCUT2D eigenvalue weighted by atomic mass is 19.3. The van der Waals surface area contributed by atoms with Crippen LogP contribution in [-0.2, 0) is 19.1 Å². The molecule has 0 aromatic heterocycles. The summed E-state index contributed by atoms with van der Waals surface area (Å²) in [5.74, 6) is -11.9. The van der Waals surface area contributed by atoms with Gasteiger partial charge in [-0.15, -0.1) is 0 Å². The van der Waals surface area contributed by atoms with Crippen LogP contribution in [0.2, 0.25) is 0 Å². The molecule has 0 unspecified atom stereocenters. The third-order valence-corrected chi connectivity index (χ3v) is 10.9. The van der Waals surface area contributed by atoms with Gasteiger partial charge in [-0.2, -0.15) is 8.78 Å². The van der Waals surface area contributed by atoms with Crippen LogP contribution < -0.4 is 0 Å². The van der Waals surface area contributed by atoms with Crippen LogP contribution in [0.4, 0.5) is 17.6 Å². The maximum absolute atomic E-state index is 14.1. The fourth-order valence-corrected chi connectivity index (χ4v) is 8.88. The van der Waals surface area contributed by atoms with Gasteiger partial charge in [-0.05, 0) is 74.7 Å². The molecule has 0 spiro atoms. The Labute approximate surface area is 218 Å². The van der Waals surface area contributed by atoms with Gasteiger partial charge in [0.05, 0.1) is 22.7 Å². The van der Waals surface area contributed by atoms with E-state index in [0.29, 0.717) is 32.1 Å². The van der Waals surface area contributed by atoms with E-state index < -0.39 is 70.4 Å².